The summed E-state index contributed by atoms with van der Waals surface area (Å²) in [5.74, 6) is -0.179. The molecular formula is C18H24N4O2S. The van der Waals surface area contributed by atoms with Gasteiger partial charge in [-0.3, -0.25) is 14.2 Å². The van der Waals surface area contributed by atoms with Crippen molar-refractivity contribution in [2.24, 2.45) is 0 Å². The van der Waals surface area contributed by atoms with Crippen LogP contribution in [0.4, 0.5) is 0 Å². The number of hydrogen-bond donors (Lipinski definition) is 2. The van der Waals surface area contributed by atoms with E-state index in [1.54, 1.807) is 6.20 Å². The van der Waals surface area contributed by atoms with Crippen molar-refractivity contribution in [1.29, 1.82) is 0 Å². The number of thioether (sulfide) groups is 1. The van der Waals surface area contributed by atoms with Crippen LogP contribution < -0.4 is 10.6 Å². The SMILES string of the molecule is Cc1ccc(C)c(-n2ccnc2SCC(=O)NCC(=O)NC(C)C)c1. The minimum absolute atomic E-state index is 0.0109. The Morgan fingerprint density at radius 1 is 1.24 bits per heavy atom. The molecule has 0 saturated carbocycles. The second-order valence-corrected chi connectivity index (χ2v) is 7.10. The van der Waals surface area contributed by atoms with Gasteiger partial charge in [-0.2, -0.15) is 0 Å². The highest BCUT2D eigenvalue weighted by atomic mass is 32.2. The van der Waals surface area contributed by atoms with Gasteiger partial charge in [0.05, 0.1) is 18.0 Å². The molecular weight excluding hydrogens is 336 g/mol. The third-order valence-corrected chi connectivity index (χ3v) is 4.43. The fraction of sp³-hybridized carbons (Fsp3) is 0.389. The van der Waals surface area contributed by atoms with Crippen molar-refractivity contribution in [3.8, 4) is 5.69 Å². The Kier molecular flexibility index (Phi) is 6.64. The largest absolute Gasteiger partial charge is 0.352 e. The number of amides is 2. The average molecular weight is 360 g/mol. The van der Waals surface area contributed by atoms with E-state index >= 15 is 0 Å². The zero-order valence-corrected chi connectivity index (χ0v) is 15.8. The Balaban J connectivity index is 1.94. The van der Waals surface area contributed by atoms with E-state index in [1.165, 1.54) is 17.3 Å². The zero-order chi connectivity index (χ0) is 18.4. The van der Waals surface area contributed by atoms with Gasteiger partial charge in [-0.15, -0.1) is 0 Å². The second-order valence-electron chi connectivity index (χ2n) is 6.16. The van der Waals surface area contributed by atoms with Gasteiger partial charge in [-0.25, -0.2) is 4.98 Å². The van der Waals surface area contributed by atoms with Gasteiger partial charge in [-0.1, -0.05) is 23.9 Å². The van der Waals surface area contributed by atoms with Crippen molar-refractivity contribution in [2.45, 2.75) is 38.9 Å². The van der Waals surface area contributed by atoms with E-state index < -0.39 is 0 Å². The number of carbonyl (C=O) groups excluding carboxylic acids is 2. The van der Waals surface area contributed by atoms with Crippen LogP contribution in [0.3, 0.4) is 0 Å². The van der Waals surface area contributed by atoms with Crippen LogP contribution in [0.25, 0.3) is 5.69 Å². The van der Waals surface area contributed by atoms with E-state index in [1.807, 2.05) is 38.5 Å². The van der Waals surface area contributed by atoms with Gasteiger partial charge in [0.15, 0.2) is 5.16 Å². The Labute approximate surface area is 152 Å². The molecule has 1 heterocycles. The van der Waals surface area contributed by atoms with Gasteiger partial charge in [0.25, 0.3) is 0 Å². The van der Waals surface area contributed by atoms with E-state index in [4.69, 9.17) is 0 Å². The fourth-order valence-corrected chi connectivity index (χ4v) is 3.09. The summed E-state index contributed by atoms with van der Waals surface area (Å²) in [4.78, 5) is 27.8. The molecule has 2 aromatic rings. The minimum atomic E-state index is -0.195. The average Bonchev–Trinajstić information content (AvgIpc) is 3.01. The molecule has 0 fully saturated rings. The molecule has 2 N–H and O–H groups in total. The molecule has 0 radical (unpaired) electrons. The number of aryl methyl sites for hydroxylation is 2. The molecule has 1 aromatic heterocycles. The van der Waals surface area contributed by atoms with Crippen LogP contribution in [-0.4, -0.2) is 39.7 Å². The molecule has 0 aliphatic heterocycles. The van der Waals surface area contributed by atoms with E-state index in [0.717, 1.165) is 16.4 Å². The summed E-state index contributed by atoms with van der Waals surface area (Å²) in [7, 11) is 0. The van der Waals surface area contributed by atoms with Crippen LogP contribution >= 0.6 is 11.8 Å². The highest BCUT2D eigenvalue weighted by molar-refractivity contribution is 7.99. The topological polar surface area (TPSA) is 76.0 Å². The van der Waals surface area contributed by atoms with E-state index in [-0.39, 0.29) is 30.2 Å². The monoisotopic (exact) mass is 360 g/mol. The predicted octanol–water partition coefficient (Wildman–Crippen LogP) is 2.22. The van der Waals surface area contributed by atoms with Crippen molar-refractivity contribution in [2.75, 3.05) is 12.3 Å². The van der Waals surface area contributed by atoms with Gasteiger partial charge in [-0.05, 0) is 44.9 Å². The maximum Gasteiger partial charge on any atom is 0.239 e. The fourth-order valence-electron chi connectivity index (χ4n) is 2.29. The number of hydrogen-bond acceptors (Lipinski definition) is 4. The molecule has 25 heavy (non-hydrogen) atoms. The first-order valence-corrected chi connectivity index (χ1v) is 9.15. The first-order valence-electron chi connectivity index (χ1n) is 8.16. The first-order chi connectivity index (χ1) is 11.9. The maximum atomic E-state index is 11.9. The van der Waals surface area contributed by atoms with Crippen molar-refractivity contribution < 1.29 is 9.59 Å². The van der Waals surface area contributed by atoms with Crippen LogP contribution in [0.5, 0.6) is 0 Å². The Hall–Kier alpha value is -2.28. The zero-order valence-electron chi connectivity index (χ0n) is 15.0. The predicted molar refractivity (Wildman–Crippen MR) is 100 cm³/mol. The highest BCUT2D eigenvalue weighted by Crippen LogP contribution is 2.23. The molecule has 134 valence electrons. The highest BCUT2D eigenvalue weighted by Gasteiger charge is 2.12. The molecule has 0 unspecified atom stereocenters. The first kappa shape index (κ1) is 19.1. The van der Waals surface area contributed by atoms with Gasteiger partial charge in [0.2, 0.25) is 11.8 Å². The minimum Gasteiger partial charge on any atom is -0.352 e. The summed E-state index contributed by atoms with van der Waals surface area (Å²) < 4.78 is 1.98. The molecule has 0 aliphatic carbocycles. The second kappa shape index (κ2) is 8.71. The molecule has 0 saturated heterocycles. The molecule has 0 atom stereocenters. The number of imidazole rings is 1. The number of carbonyl (C=O) groups is 2. The standard InChI is InChI=1S/C18H24N4O2S/c1-12(2)21-16(23)10-20-17(24)11-25-18-19-7-8-22(18)15-9-13(3)5-6-14(15)4/h5-9,12H,10-11H2,1-4H3,(H,20,24)(H,21,23). The Bertz CT molecular complexity index is 755. The molecule has 0 bridgehead atoms. The summed E-state index contributed by atoms with van der Waals surface area (Å²) in [6.07, 6.45) is 3.61. The van der Waals surface area contributed by atoms with Crippen LogP contribution in [-0.2, 0) is 9.59 Å². The van der Waals surface area contributed by atoms with Crippen LogP contribution in [0.15, 0.2) is 35.7 Å². The van der Waals surface area contributed by atoms with Crippen LogP contribution in [0, 0.1) is 13.8 Å². The Morgan fingerprint density at radius 3 is 2.72 bits per heavy atom. The number of nitrogens with one attached hydrogen (secondary N) is 2. The van der Waals surface area contributed by atoms with Gasteiger partial charge in [0.1, 0.15) is 0 Å². The van der Waals surface area contributed by atoms with E-state index in [2.05, 4.69) is 33.8 Å². The van der Waals surface area contributed by atoms with Crippen LogP contribution in [0.2, 0.25) is 0 Å². The summed E-state index contributed by atoms with van der Waals surface area (Å²) in [6.45, 7) is 7.83. The normalized spacial score (nSPS) is 10.8. The van der Waals surface area contributed by atoms with Gasteiger partial charge >= 0.3 is 0 Å². The van der Waals surface area contributed by atoms with Gasteiger partial charge in [0, 0.05) is 18.4 Å². The molecule has 1 aromatic carbocycles. The Morgan fingerprint density at radius 2 is 2.00 bits per heavy atom. The van der Waals surface area contributed by atoms with Crippen molar-refractivity contribution in [3.05, 3.63) is 41.7 Å². The number of benzene rings is 1. The van der Waals surface area contributed by atoms with Gasteiger partial charge < -0.3 is 10.6 Å². The maximum absolute atomic E-state index is 11.9. The summed E-state index contributed by atoms with van der Waals surface area (Å²) in [5, 5.41) is 6.10. The van der Waals surface area contributed by atoms with Crippen molar-refractivity contribution >= 4 is 23.6 Å². The smallest absolute Gasteiger partial charge is 0.239 e. The molecule has 2 rings (SSSR count). The van der Waals surface area contributed by atoms with Crippen molar-refractivity contribution in [3.63, 3.8) is 0 Å². The number of nitrogens with zero attached hydrogens (tertiary/aromatic N) is 2. The number of aromatic nitrogens is 2. The number of rotatable bonds is 7. The lowest BCUT2D eigenvalue weighted by atomic mass is 10.1. The summed E-state index contributed by atoms with van der Waals surface area (Å²) >= 11 is 1.34. The molecule has 0 spiro atoms. The van der Waals surface area contributed by atoms with Crippen molar-refractivity contribution in [1.82, 2.24) is 20.2 Å². The molecule has 7 heteroatoms. The van der Waals surface area contributed by atoms with E-state index in [0.29, 0.717) is 0 Å². The molecule has 6 nitrogen and oxygen atoms in total. The molecule has 2 amide bonds. The summed E-state index contributed by atoms with van der Waals surface area (Å²) in [6, 6.07) is 6.29. The quantitative estimate of drug-likeness (QED) is 0.743. The van der Waals surface area contributed by atoms with E-state index in [9.17, 15) is 9.59 Å². The summed E-state index contributed by atoms with van der Waals surface area (Å²) in [5.41, 5.74) is 3.36. The molecule has 0 aliphatic rings. The third kappa shape index (κ3) is 5.63. The van der Waals surface area contributed by atoms with Crippen LogP contribution in [0.1, 0.15) is 25.0 Å². The lowest BCUT2D eigenvalue weighted by Gasteiger charge is -2.12. The lowest BCUT2D eigenvalue weighted by molar-refractivity contribution is -0.125. The lowest BCUT2D eigenvalue weighted by Crippen LogP contribution is -2.40. The third-order valence-electron chi connectivity index (χ3n) is 3.46.